The maximum absolute atomic E-state index is 9.00. The number of hydrogen-bond donors (Lipinski definition) is 1. The molecule has 0 radical (unpaired) electrons. The van der Waals surface area contributed by atoms with E-state index in [0.717, 1.165) is 6.92 Å². The Hall–Kier alpha value is 0.269. The van der Waals surface area contributed by atoms with Gasteiger partial charge < -0.3 is 5.11 Å². The fraction of sp³-hybridized carbons (Fsp3) is 0.500. The topological polar surface area (TPSA) is 37.3 Å². The third kappa shape index (κ3) is 304. The van der Waals surface area contributed by atoms with Crippen LogP contribution < -0.4 is 0 Å². The zero-order chi connectivity index (χ0) is 3.58. The number of carboxylic acid groups (broad SMARTS) is 1. The van der Waals surface area contributed by atoms with Gasteiger partial charge in [0.15, 0.2) is 0 Å². The van der Waals surface area contributed by atoms with Crippen LogP contribution in [0.3, 0.4) is 0 Å². The van der Waals surface area contributed by atoms with Crippen molar-refractivity contribution in [3.63, 3.8) is 0 Å². The van der Waals surface area contributed by atoms with Gasteiger partial charge in [-0.15, -0.1) is 0 Å². The Kier molecular flexibility index (Phi) is 7.67. The molecule has 0 amide bonds. The van der Waals surface area contributed by atoms with Crippen LogP contribution in [0, 0.1) is 0 Å². The van der Waals surface area contributed by atoms with E-state index in [1.165, 1.54) is 0 Å². The van der Waals surface area contributed by atoms with Gasteiger partial charge in [0.05, 0.1) is 0 Å². The molecule has 0 aliphatic carbocycles. The molecule has 1 N–H and O–H groups in total. The first-order chi connectivity index (χ1) is 1.73. The summed E-state index contributed by atoms with van der Waals surface area (Å²) in [4.78, 5) is 9.00. The molecule has 0 atom stereocenters. The molecule has 32 valence electrons. The van der Waals surface area contributed by atoms with Crippen molar-refractivity contribution in [3.05, 3.63) is 0 Å². The van der Waals surface area contributed by atoms with Crippen LogP contribution >= 0.6 is 0 Å². The molecule has 0 aliphatic heterocycles. The molecule has 0 aromatic carbocycles. The van der Waals surface area contributed by atoms with E-state index in [4.69, 9.17) is 9.90 Å². The summed E-state index contributed by atoms with van der Waals surface area (Å²) < 4.78 is 0. The molecule has 0 aliphatic rings. The van der Waals surface area contributed by atoms with Crippen LogP contribution in [0.15, 0.2) is 0 Å². The third-order valence-corrected chi connectivity index (χ3v) is 0. The van der Waals surface area contributed by atoms with Crippen LogP contribution in [0.25, 0.3) is 0 Å². The molecule has 0 unspecified atom stereocenters. The molecular weight excluding hydrogens is 175 g/mol. The molecule has 0 saturated heterocycles. The molecule has 0 aromatic rings. The van der Waals surface area contributed by atoms with Crippen molar-refractivity contribution >= 4 is 29.9 Å². The van der Waals surface area contributed by atoms with Gasteiger partial charge in [0.25, 0.3) is 5.97 Å². The van der Waals surface area contributed by atoms with Crippen molar-refractivity contribution in [2.24, 2.45) is 0 Å². The van der Waals surface area contributed by atoms with Crippen molar-refractivity contribution in [1.29, 1.82) is 0 Å². The van der Waals surface area contributed by atoms with Crippen LogP contribution in [-0.4, -0.2) is 35.0 Å². The van der Waals surface area contributed by atoms with E-state index < -0.39 is 5.97 Å². The summed E-state index contributed by atoms with van der Waals surface area (Å²) in [5.41, 5.74) is 0. The Bertz CT molecular complexity index is 30.6. The van der Waals surface area contributed by atoms with Gasteiger partial charge in [-0.1, -0.05) is 0 Å². The number of carboxylic acids is 1. The van der Waals surface area contributed by atoms with Crippen molar-refractivity contribution < 1.29 is 9.90 Å². The summed E-state index contributed by atoms with van der Waals surface area (Å²) in [7, 11) is 0. The van der Waals surface area contributed by atoms with Crippen LogP contribution in [-0.2, 0) is 4.79 Å². The number of carbonyl (C=O) groups is 1. The second kappa shape index (κ2) is 4.27. The van der Waals surface area contributed by atoms with Gasteiger partial charge in [0, 0.05) is 6.92 Å². The van der Waals surface area contributed by atoms with Crippen LogP contribution in [0.1, 0.15) is 6.92 Å². The summed E-state index contributed by atoms with van der Waals surface area (Å²) in [5, 5.41) is 7.42. The van der Waals surface area contributed by atoms with Gasteiger partial charge >= 0.3 is 23.9 Å². The van der Waals surface area contributed by atoms with E-state index in [2.05, 4.69) is 0 Å². The molecule has 0 rings (SSSR count). The summed E-state index contributed by atoms with van der Waals surface area (Å²) in [6.07, 6.45) is 0. The Balaban J connectivity index is 0. The van der Waals surface area contributed by atoms with E-state index >= 15 is 0 Å². The normalized spacial score (nSPS) is 5.00. The molecule has 0 bridgehead atoms. The summed E-state index contributed by atoms with van der Waals surface area (Å²) in [6, 6.07) is 0. The minimum atomic E-state index is -0.833. The standard InChI is InChI=1S/C2H4O2.Sn.4H/c1-2(3)4;;;;;/h1H3,(H,3,4);;;;;. The van der Waals surface area contributed by atoms with Crippen LogP contribution in [0.4, 0.5) is 0 Å². The van der Waals surface area contributed by atoms with E-state index in [0.29, 0.717) is 0 Å². The second-order valence-electron chi connectivity index (χ2n) is 0.519. The molecule has 0 fully saturated rings. The van der Waals surface area contributed by atoms with Crippen molar-refractivity contribution in [3.8, 4) is 0 Å². The van der Waals surface area contributed by atoms with Gasteiger partial charge in [-0.3, -0.25) is 4.79 Å². The van der Waals surface area contributed by atoms with E-state index in [9.17, 15) is 0 Å². The monoisotopic (exact) mass is 184 g/mol. The Morgan fingerprint density at radius 1 is 1.80 bits per heavy atom. The Morgan fingerprint density at radius 3 is 1.80 bits per heavy atom. The Labute approximate surface area is 47.1 Å². The van der Waals surface area contributed by atoms with Crippen molar-refractivity contribution in [2.75, 3.05) is 0 Å². The molecule has 5 heavy (non-hydrogen) atoms. The first kappa shape index (κ1) is 8.99. The molecule has 0 heterocycles. The van der Waals surface area contributed by atoms with Gasteiger partial charge in [0.2, 0.25) is 0 Å². The van der Waals surface area contributed by atoms with Gasteiger partial charge in [-0.05, 0) is 0 Å². The summed E-state index contributed by atoms with van der Waals surface area (Å²) >= 11 is 0. The maximum atomic E-state index is 9.00. The van der Waals surface area contributed by atoms with Gasteiger partial charge in [0.1, 0.15) is 0 Å². The summed E-state index contributed by atoms with van der Waals surface area (Å²) in [5.74, 6) is -0.833. The fourth-order valence-electron chi connectivity index (χ4n) is 0. The SMILES string of the molecule is CC(=O)O.[SnH4]. The Morgan fingerprint density at radius 2 is 1.80 bits per heavy atom. The predicted molar refractivity (Wildman–Crippen MR) is 24.6 cm³/mol. The van der Waals surface area contributed by atoms with Crippen molar-refractivity contribution in [2.45, 2.75) is 6.92 Å². The zero-order valence-electron chi connectivity index (χ0n) is 2.36. The molecule has 0 saturated carbocycles. The van der Waals surface area contributed by atoms with E-state index in [1.54, 1.807) is 0 Å². The van der Waals surface area contributed by atoms with E-state index in [1.807, 2.05) is 0 Å². The second-order valence-corrected chi connectivity index (χ2v) is 0.519. The quantitative estimate of drug-likeness (QED) is 0.470. The average Bonchev–Trinajstić information content (AvgIpc) is 0.811. The van der Waals surface area contributed by atoms with Gasteiger partial charge in [-0.25, -0.2) is 0 Å². The average molecular weight is 183 g/mol. The molecule has 3 heteroatoms. The fourth-order valence-corrected chi connectivity index (χ4v) is 0. The van der Waals surface area contributed by atoms with Crippen molar-refractivity contribution in [1.82, 2.24) is 0 Å². The molecule has 0 aromatic heterocycles. The number of hydrogen-bond acceptors (Lipinski definition) is 1. The molecule has 2 nitrogen and oxygen atoms in total. The minimum absolute atomic E-state index is 0. The van der Waals surface area contributed by atoms with E-state index in [-0.39, 0.29) is 23.9 Å². The van der Waals surface area contributed by atoms with Crippen LogP contribution in [0.5, 0.6) is 0 Å². The first-order valence-electron chi connectivity index (χ1n) is 0.928. The van der Waals surface area contributed by atoms with Gasteiger partial charge in [-0.2, -0.15) is 0 Å². The first-order valence-corrected chi connectivity index (χ1v) is 0.928. The molecular formula is C2H8O2Sn. The molecule has 0 spiro atoms. The number of rotatable bonds is 0. The predicted octanol–water partition coefficient (Wildman–Crippen LogP) is -1.36. The zero-order valence-corrected chi connectivity index (χ0v) is 2.36. The number of aliphatic carboxylic acids is 1. The third-order valence-electron chi connectivity index (χ3n) is 0. The summed E-state index contributed by atoms with van der Waals surface area (Å²) in [6.45, 7) is 1.08. The van der Waals surface area contributed by atoms with Crippen LogP contribution in [0.2, 0.25) is 0 Å².